The number of benzene rings is 1. The number of rotatable bonds is 4. The van der Waals surface area contributed by atoms with Crippen LogP contribution in [0.25, 0.3) is 5.69 Å². The summed E-state index contributed by atoms with van der Waals surface area (Å²) in [5.41, 5.74) is 2.34. The van der Waals surface area contributed by atoms with Crippen LogP contribution in [-0.2, 0) is 5.41 Å². The van der Waals surface area contributed by atoms with Crippen LogP contribution in [0, 0.1) is 6.92 Å². The third kappa shape index (κ3) is 5.59. The van der Waals surface area contributed by atoms with Crippen LogP contribution in [0.15, 0.2) is 54.7 Å². The van der Waals surface area contributed by atoms with E-state index >= 15 is 0 Å². The third-order valence-electron chi connectivity index (χ3n) is 4.20. The maximum Gasteiger partial charge on any atom is 0.418 e. The van der Waals surface area contributed by atoms with Gasteiger partial charge in [0.1, 0.15) is 24.4 Å². The Morgan fingerprint density at radius 3 is 2.37 bits per heavy atom. The number of nitrogens with zero attached hydrogens (tertiary/aromatic N) is 3. The van der Waals surface area contributed by atoms with E-state index in [1.54, 1.807) is 40.8 Å². The largest absolute Gasteiger partial charge is 0.418 e. The zero-order valence-corrected chi connectivity index (χ0v) is 18.8. The van der Waals surface area contributed by atoms with Crippen LogP contribution >= 0.6 is 0 Å². The molecule has 2 aromatic heterocycles. The summed E-state index contributed by atoms with van der Waals surface area (Å²) in [7, 11) is 1.59. The predicted molar refractivity (Wildman–Crippen MR) is 117 cm³/mol. The molecular weight excluding hydrogens is 380 g/mol. The number of amides is 1. The van der Waals surface area contributed by atoms with Crippen LogP contribution in [0.3, 0.4) is 0 Å². The molecule has 7 heteroatoms. The van der Waals surface area contributed by atoms with Crippen LogP contribution in [0.2, 0.25) is 0 Å². The Morgan fingerprint density at radius 1 is 1.10 bits per heavy atom. The molecule has 2 heterocycles. The van der Waals surface area contributed by atoms with E-state index in [0.717, 1.165) is 17.1 Å². The van der Waals surface area contributed by atoms with Gasteiger partial charge in [0.15, 0.2) is 0 Å². The van der Waals surface area contributed by atoms with Gasteiger partial charge >= 0.3 is 6.09 Å². The first-order chi connectivity index (χ1) is 14.3. The van der Waals surface area contributed by atoms with E-state index in [-0.39, 0.29) is 5.41 Å². The molecule has 7 nitrogen and oxygen atoms in total. The molecule has 0 aliphatic heterocycles. The van der Waals surface area contributed by atoms with Crippen molar-refractivity contribution in [2.45, 2.75) is 47.0 Å². The average Bonchev–Trinajstić information content (AvgIpc) is 3.15. The third-order valence-corrected chi connectivity index (χ3v) is 4.20. The molecule has 0 atom stereocenters. The lowest BCUT2D eigenvalue weighted by Crippen LogP contribution is -2.43. The number of ether oxygens (including phenoxy) is 1. The molecule has 0 aliphatic carbocycles. The van der Waals surface area contributed by atoms with Crippen molar-refractivity contribution in [1.29, 1.82) is 0 Å². The molecule has 0 fully saturated rings. The van der Waals surface area contributed by atoms with E-state index in [4.69, 9.17) is 14.7 Å². The second kappa shape index (κ2) is 9.91. The molecule has 3 rings (SSSR count). The molecule has 160 valence electrons. The van der Waals surface area contributed by atoms with Gasteiger partial charge in [0.05, 0.1) is 5.69 Å². The van der Waals surface area contributed by atoms with Crippen LogP contribution in [-0.4, -0.2) is 23.0 Å². The number of anilines is 1. The Kier molecular flexibility index (Phi) is 7.58. The van der Waals surface area contributed by atoms with E-state index in [2.05, 4.69) is 26.1 Å². The zero-order chi connectivity index (χ0) is 22.3. The smallest absolute Gasteiger partial charge is 0.410 e. The van der Waals surface area contributed by atoms with E-state index in [9.17, 15) is 4.79 Å². The minimum Gasteiger partial charge on any atom is -0.410 e. The Labute approximate surface area is 178 Å². The van der Waals surface area contributed by atoms with Crippen molar-refractivity contribution >= 4 is 11.9 Å². The van der Waals surface area contributed by atoms with Crippen LogP contribution in [0.5, 0.6) is 5.75 Å². The topological polar surface area (TPSA) is 69.3 Å². The Morgan fingerprint density at radius 2 is 1.77 bits per heavy atom. The summed E-state index contributed by atoms with van der Waals surface area (Å²) in [6, 6.07) is 14.6. The van der Waals surface area contributed by atoms with Gasteiger partial charge in [-0.3, -0.25) is 10.2 Å². The summed E-state index contributed by atoms with van der Waals surface area (Å²) in [5.74, 6) is 0.979. The molecule has 0 spiro atoms. The lowest BCUT2D eigenvalue weighted by atomic mass is 9.92. The maximum absolute atomic E-state index is 12.4. The number of nitrogens with one attached hydrogen (secondary N) is 1. The Balaban J connectivity index is 0.00000155. The highest BCUT2D eigenvalue weighted by Crippen LogP contribution is 2.26. The van der Waals surface area contributed by atoms with Crippen molar-refractivity contribution in [2.24, 2.45) is 0 Å². The van der Waals surface area contributed by atoms with Gasteiger partial charge in [-0.25, -0.2) is 9.48 Å². The van der Waals surface area contributed by atoms with Gasteiger partial charge < -0.3 is 4.74 Å². The van der Waals surface area contributed by atoms with E-state index < -0.39 is 6.09 Å². The molecular formula is C23H31N4O3+. The fourth-order valence-corrected chi connectivity index (χ4v) is 2.63. The van der Waals surface area contributed by atoms with Crippen molar-refractivity contribution < 1.29 is 19.1 Å². The molecule has 0 aliphatic rings. The monoisotopic (exact) mass is 411 g/mol. The second-order valence-electron chi connectivity index (χ2n) is 7.44. The highest BCUT2D eigenvalue weighted by molar-refractivity contribution is 5.85. The zero-order valence-electron chi connectivity index (χ0n) is 18.8. The molecule has 0 saturated carbocycles. The molecule has 1 aromatic carbocycles. The Hall–Kier alpha value is -3.35. The van der Waals surface area contributed by atoms with Gasteiger partial charge in [-0.2, -0.15) is 5.10 Å². The lowest BCUT2D eigenvalue weighted by molar-refractivity contribution is -0.889. The van der Waals surface area contributed by atoms with E-state index in [1.807, 2.05) is 51.2 Å². The van der Waals surface area contributed by atoms with Crippen LogP contribution < -0.4 is 19.6 Å². The van der Waals surface area contributed by atoms with Gasteiger partial charge in [-0.1, -0.05) is 52.8 Å². The number of aromatic nitrogens is 3. The summed E-state index contributed by atoms with van der Waals surface area (Å²) in [5, 5.41) is 7.49. The molecule has 1 amide bonds. The summed E-state index contributed by atoms with van der Waals surface area (Å²) >= 11 is 0. The van der Waals surface area contributed by atoms with Gasteiger partial charge in [0, 0.05) is 29.2 Å². The van der Waals surface area contributed by atoms with Crippen molar-refractivity contribution in [1.82, 2.24) is 9.78 Å². The van der Waals surface area contributed by atoms with Crippen LogP contribution in [0.4, 0.5) is 10.6 Å². The molecule has 0 bridgehead atoms. The quantitative estimate of drug-likeness (QED) is 0.644. The molecule has 0 unspecified atom stereocenters. The van der Waals surface area contributed by atoms with E-state index in [1.165, 1.54) is 0 Å². The van der Waals surface area contributed by atoms with E-state index in [0.29, 0.717) is 11.6 Å². The minimum absolute atomic E-state index is 0.188. The first kappa shape index (κ1) is 22.9. The minimum atomic E-state index is -0.584. The van der Waals surface area contributed by atoms with Gasteiger partial charge in [0.2, 0.25) is 11.9 Å². The highest BCUT2D eigenvalue weighted by Gasteiger charge is 2.23. The lowest BCUT2D eigenvalue weighted by Gasteiger charge is -2.13. The SMILES string of the molecule is CC.CO[n+]1cc(-n2nc(C(C)(C)C)cc2NC(=O)Oc2ccccc2)ccc1C. The van der Waals surface area contributed by atoms with Crippen molar-refractivity contribution in [2.75, 3.05) is 12.4 Å². The van der Waals surface area contributed by atoms with Crippen LogP contribution in [0.1, 0.15) is 46.0 Å². The summed E-state index contributed by atoms with van der Waals surface area (Å²) in [4.78, 5) is 17.7. The predicted octanol–water partition coefficient (Wildman–Crippen LogP) is 4.46. The first-order valence-electron chi connectivity index (χ1n) is 9.99. The molecule has 30 heavy (non-hydrogen) atoms. The summed E-state index contributed by atoms with van der Waals surface area (Å²) in [6.45, 7) is 12.1. The second-order valence-corrected chi connectivity index (χ2v) is 7.44. The standard InChI is InChI=1S/C21H24N4O3.C2H6/c1-15-11-12-16(14-24(15)27-5)25-19(13-18(23-25)21(2,3)4)22-20(26)28-17-9-7-6-8-10-17;1-2/h6-14H,1-5H3;1-2H3/p+1. The average molecular weight is 412 g/mol. The first-order valence-corrected chi connectivity index (χ1v) is 9.99. The molecule has 0 radical (unpaired) electrons. The number of aryl methyl sites for hydroxylation is 1. The van der Waals surface area contributed by atoms with Crippen molar-refractivity contribution in [3.8, 4) is 11.4 Å². The summed E-state index contributed by atoms with van der Waals surface area (Å²) in [6.07, 6.45) is 1.22. The number of hydrogen-bond acceptors (Lipinski definition) is 4. The number of hydrogen-bond donors (Lipinski definition) is 1. The number of carbonyl (C=O) groups is 1. The summed E-state index contributed by atoms with van der Waals surface area (Å²) < 4.78 is 8.65. The van der Waals surface area contributed by atoms with Crippen molar-refractivity contribution in [3.05, 3.63) is 66.1 Å². The highest BCUT2D eigenvalue weighted by atomic mass is 16.6. The van der Waals surface area contributed by atoms with Crippen molar-refractivity contribution in [3.63, 3.8) is 0 Å². The number of pyridine rings is 1. The number of carbonyl (C=O) groups excluding carboxylic acids is 1. The normalized spacial score (nSPS) is 10.6. The number of para-hydroxylation sites is 1. The molecule has 3 aromatic rings. The fourth-order valence-electron chi connectivity index (χ4n) is 2.63. The fraction of sp³-hybridized carbons (Fsp3) is 0.348. The molecule has 1 N–H and O–H groups in total. The van der Waals surface area contributed by atoms with Gasteiger partial charge in [-0.05, 0) is 18.2 Å². The van der Waals surface area contributed by atoms with Gasteiger partial charge in [-0.15, -0.1) is 0 Å². The maximum atomic E-state index is 12.4. The Bertz CT molecular complexity index is 976. The molecule has 0 saturated heterocycles. The van der Waals surface area contributed by atoms with Gasteiger partial charge in [0.25, 0.3) is 0 Å².